The predicted octanol–water partition coefficient (Wildman–Crippen LogP) is 5.96. The van der Waals surface area contributed by atoms with Crippen molar-refractivity contribution in [2.45, 2.75) is 11.5 Å². The molecule has 0 amide bonds. The second kappa shape index (κ2) is 5.14. The van der Waals surface area contributed by atoms with Crippen molar-refractivity contribution in [1.29, 1.82) is 0 Å². The molecule has 108 valence electrons. The molecule has 1 heterocycles. The monoisotopic (exact) mass is 373 g/mol. The van der Waals surface area contributed by atoms with Crippen LogP contribution in [0.4, 0.5) is 13.2 Å². The number of pyridine rings is 1. The summed E-state index contributed by atoms with van der Waals surface area (Å²) in [6.45, 7) is 0. The van der Waals surface area contributed by atoms with E-state index in [0.29, 0.717) is 26.8 Å². The third-order valence-corrected chi connectivity index (χ3v) is 4.11. The molecule has 0 aliphatic carbocycles. The Morgan fingerprint density at radius 2 is 1.62 bits per heavy atom. The molecule has 21 heavy (non-hydrogen) atoms. The first-order valence-electron chi connectivity index (χ1n) is 6.05. The van der Waals surface area contributed by atoms with Gasteiger partial charge in [0.1, 0.15) is 0 Å². The summed E-state index contributed by atoms with van der Waals surface area (Å²) < 4.78 is 38.5. The summed E-state index contributed by atoms with van der Waals surface area (Å²) in [5.74, 6) is 0. The Morgan fingerprint density at radius 1 is 1.00 bits per heavy atom. The summed E-state index contributed by atoms with van der Waals surface area (Å²) in [7, 11) is 0. The number of nitrogens with zero attached hydrogens (tertiary/aromatic N) is 1. The fourth-order valence-corrected chi connectivity index (χ4v) is 3.10. The van der Waals surface area contributed by atoms with Crippen LogP contribution in [0, 0.1) is 0 Å². The minimum absolute atomic E-state index is 0.314. The van der Waals surface area contributed by atoms with Gasteiger partial charge in [0.2, 0.25) is 0 Å². The fourth-order valence-electron chi connectivity index (χ4n) is 2.33. The lowest BCUT2D eigenvalue weighted by molar-refractivity contribution is -0.137. The maximum atomic E-state index is 12.8. The van der Waals surface area contributed by atoms with Crippen LogP contribution < -0.4 is 0 Å². The molecule has 0 spiro atoms. The zero-order chi connectivity index (χ0) is 15.2. The van der Waals surface area contributed by atoms with Gasteiger partial charge in [-0.05, 0) is 29.8 Å². The lowest BCUT2D eigenvalue weighted by atomic mass is 10.0. The van der Waals surface area contributed by atoms with Gasteiger partial charge in [-0.25, -0.2) is 4.98 Å². The van der Waals surface area contributed by atoms with Crippen molar-refractivity contribution in [1.82, 2.24) is 4.98 Å². The highest BCUT2D eigenvalue weighted by Crippen LogP contribution is 2.34. The number of aromatic nitrogens is 1. The van der Waals surface area contributed by atoms with Gasteiger partial charge >= 0.3 is 6.18 Å². The summed E-state index contributed by atoms with van der Waals surface area (Å²) in [6, 6.07) is 8.85. The van der Waals surface area contributed by atoms with Crippen molar-refractivity contribution in [2.75, 3.05) is 0 Å². The Morgan fingerprint density at radius 3 is 2.24 bits per heavy atom. The Labute approximate surface area is 131 Å². The Kier molecular flexibility index (Phi) is 3.58. The van der Waals surface area contributed by atoms with Crippen molar-refractivity contribution < 1.29 is 13.2 Å². The molecule has 1 aromatic heterocycles. The lowest BCUT2D eigenvalue weighted by Crippen LogP contribution is -2.05. The van der Waals surface area contributed by atoms with E-state index in [-0.39, 0.29) is 0 Å². The van der Waals surface area contributed by atoms with Crippen LogP contribution >= 0.6 is 27.5 Å². The maximum Gasteiger partial charge on any atom is 0.416 e. The lowest BCUT2D eigenvalue weighted by Gasteiger charge is -2.11. The van der Waals surface area contributed by atoms with E-state index in [9.17, 15) is 13.2 Å². The van der Waals surface area contributed by atoms with E-state index >= 15 is 0 Å². The smallest absolute Gasteiger partial charge is 0.248 e. The molecular formula is C15H8BrClF3N. The van der Waals surface area contributed by atoms with E-state index in [2.05, 4.69) is 20.9 Å². The van der Waals surface area contributed by atoms with E-state index < -0.39 is 11.7 Å². The third kappa shape index (κ3) is 2.60. The second-order valence-electron chi connectivity index (χ2n) is 4.62. The van der Waals surface area contributed by atoms with E-state index in [1.165, 1.54) is 6.07 Å². The highest BCUT2D eigenvalue weighted by molar-refractivity contribution is 9.08. The summed E-state index contributed by atoms with van der Waals surface area (Å²) in [4.78, 5) is 4.32. The van der Waals surface area contributed by atoms with Gasteiger partial charge in [0.15, 0.2) is 0 Å². The van der Waals surface area contributed by atoms with Crippen molar-refractivity contribution in [3.05, 3.63) is 52.5 Å². The topological polar surface area (TPSA) is 12.9 Å². The molecule has 0 unspecified atom stereocenters. The van der Waals surface area contributed by atoms with Gasteiger partial charge in [-0.1, -0.05) is 39.7 Å². The maximum absolute atomic E-state index is 12.8. The normalized spacial score (nSPS) is 12.2. The van der Waals surface area contributed by atoms with Gasteiger partial charge in [-0.2, -0.15) is 13.2 Å². The van der Waals surface area contributed by atoms with Gasteiger partial charge < -0.3 is 0 Å². The van der Waals surface area contributed by atoms with Crippen LogP contribution in [0.15, 0.2) is 36.4 Å². The van der Waals surface area contributed by atoms with Crippen LogP contribution in [-0.2, 0) is 11.5 Å². The summed E-state index contributed by atoms with van der Waals surface area (Å²) in [6.07, 6.45) is -4.38. The number of halogens is 5. The molecule has 0 bridgehead atoms. The fraction of sp³-hybridized carbons (Fsp3) is 0.133. The molecule has 2 aromatic carbocycles. The molecule has 0 atom stereocenters. The minimum Gasteiger partial charge on any atom is -0.248 e. The summed E-state index contributed by atoms with van der Waals surface area (Å²) in [5, 5.41) is 2.61. The highest BCUT2D eigenvalue weighted by atomic mass is 79.9. The molecule has 1 nitrogen and oxygen atoms in total. The molecule has 0 saturated carbocycles. The van der Waals surface area contributed by atoms with Crippen LogP contribution in [0.5, 0.6) is 0 Å². The minimum atomic E-state index is -4.38. The van der Waals surface area contributed by atoms with E-state index in [0.717, 1.165) is 23.1 Å². The molecule has 0 aliphatic heterocycles. The highest BCUT2D eigenvalue weighted by Gasteiger charge is 2.30. The van der Waals surface area contributed by atoms with E-state index in [1.807, 2.05) is 6.07 Å². The number of rotatable bonds is 1. The first kappa shape index (κ1) is 14.6. The van der Waals surface area contributed by atoms with Crippen LogP contribution in [0.1, 0.15) is 11.1 Å². The van der Waals surface area contributed by atoms with Crippen LogP contribution in [0.2, 0.25) is 5.02 Å². The third-order valence-electron chi connectivity index (χ3n) is 3.31. The van der Waals surface area contributed by atoms with Crippen molar-refractivity contribution >= 4 is 49.3 Å². The summed E-state index contributed by atoms with van der Waals surface area (Å²) in [5.41, 5.74) is 1.10. The predicted molar refractivity (Wildman–Crippen MR) is 81.9 cm³/mol. The standard InChI is InChI=1S/C15H8BrClF3N/c16-7-12-10-3-1-8(15(18,19)20)5-13(10)21-14-6-9(17)2-4-11(12)14/h1-6H,7H2. The van der Waals surface area contributed by atoms with Crippen molar-refractivity contribution in [3.8, 4) is 0 Å². The number of fused-ring (bicyclic) bond motifs is 2. The first-order chi connectivity index (χ1) is 9.90. The van der Waals surface area contributed by atoms with Crippen LogP contribution in [-0.4, -0.2) is 4.98 Å². The molecule has 0 aliphatic rings. The van der Waals surface area contributed by atoms with Gasteiger partial charge in [0.25, 0.3) is 0 Å². The molecular weight excluding hydrogens is 367 g/mol. The quantitative estimate of drug-likeness (QED) is 0.378. The van der Waals surface area contributed by atoms with Gasteiger partial charge in [-0.15, -0.1) is 0 Å². The number of hydrogen-bond acceptors (Lipinski definition) is 1. The average molecular weight is 375 g/mol. The molecule has 6 heteroatoms. The van der Waals surface area contributed by atoms with Crippen LogP contribution in [0.3, 0.4) is 0 Å². The Balaban J connectivity index is 2.40. The number of hydrogen-bond donors (Lipinski definition) is 0. The van der Waals surface area contributed by atoms with E-state index in [1.54, 1.807) is 12.1 Å². The molecule has 3 aromatic rings. The van der Waals surface area contributed by atoms with Crippen molar-refractivity contribution in [3.63, 3.8) is 0 Å². The molecule has 3 rings (SSSR count). The van der Waals surface area contributed by atoms with Gasteiger partial charge in [-0.3, -0.25) is 0 Å². The SMILES string of the molecule is FC(F)(F)c1ccc2c(CBr)c3ccc(Cl)cc3nc2c1. The molecule has 0 N–H and O–H groups in total. The Bertz CT molecular complexity index is 846. The zero-order valence-electron chi connectivity index (χ0n) is 10.5. The van der Waals surface area contributed by atoms with E-state index in [4.69, 9.17) is 11.6 Å². The van der Waals surface area contributed by atoms with Crippen molar-refractivity contribution in [2.24, 2.45) is 0 Å². The van der Waals surface area contributed by atoms with Gasteiger partial charge in [0.05, 0.1) is 16.6 Å². The van der Waals surface area contributed by atoms with Gasteiger partial charge in [0, 0.05) is 21.1 Å². The molecule has 0 saturated heterocycles. The second-order valence-corrected chi connectivity index (χ2v) is 5.61. The number of benzene rings is 2. The van der Waals surface area contributed by atoms with Crippen LogP contribution in [0.25, 0.3) is 21.8 Å². The Hall–Kier alpha value is -1.33. The molecule has 0 radical (unpaired) electrons. The largest absolute Gasteiger partial charge is 0.416 e. The average Bonchev–Trinajstić information content (AvgIpc) is 2.42. The first-order valence-corrected chi connectivity index (χ1v) is 7.55. The molecule has 0 fully saturated rings. The number of alkyl halides is 4. The summed E-state index contributed by atoms with van der Waals surface area (Å²) >= 11 is 9.33. The zero-order valence-corrected chi connectivity index (χ0v) is 12.9.